The lowest BCUT2D eigenvalue weighted by Gasteiger charge is -2.17. The highest BCUT2D eigenvalue weighted by Crippen LogP contribution is 2.22. The van der Waals surface area contributed by atoms with Crippen LogP contribution >= 0.6 is 0 Å². The molecule has 1 saturated heterocycles. The van der Waals surface area contributed by atoms with E-state index < -0.39 is 0 Å². The number of hydrogen-bond donors (Lipinski definition) is 1. The smallest absolute Gasteiger partial charge is 0.0233 e. The minimum absolute atomic E-state index is 0.830. The predicted molar refractivity (Wildman–Crippen MR) is 84.7 cm³/mol. The Hall–Kier alpha value is -0.860. The summed E-state index contributed by atoms with van der Waals surface area (Å²) in [6.07, 6.45) is 8.44. The van der Waals surface area contributed by atoms with E-state index >= 15 is 0 Å². The third kappa shape index (κ3) is 4.07. The molecule has 1 aromatic rings. The molecule has 2 nitrogen and oxygen atoms in total. The minimum Gasteiger partial charge on any atom is -0.314 e. The van der Waals surface area contributed by atoms with Crippen molar-refractivity contribution in [3.8, 4) is 0 Å². The van der Waals surface area contributed by atoms with Gasteiger partial charge in [0.1, 0.15) is 0 Å². The van der Waals surface area contributed by atoms with Gasteiger partial charge in [0.25, 0.3) is 0 Å². The number of hydrogen-bond acceptors (Lipinski definition) is 2. The molecule has 1 heterocycles. The summed E-state index contributed by atoms with van der Waals surface area (Å²) in [6, 6.07) is 11.7. The standard InChI is InChI=1S/C18H28N2/c1-2-6-16(7-3-1)14-20-13-11-17(15-20)10-12-19-18-8-4-5-9-18/h1-3,6-7,17-19H,4-5,8-15H2. The summed E-state index contributed by atoms with van der Waals surface area (Å²) in [7, 11) is 0. The van der Waals surface area contributed by atoms with E-state index in [1.165, 1.54) is 63.7 Å². The molecular formula is C18H28N2. The fourth-order valence-electron chi connectivity index (χ4n) is 3.76. The van der Waals surface area contributed by atoms with E-state index in [2.05, 4.69) is 40.5 Å². The molecule has 2 fully saturated rings. The fourth-order valence-corrected chi connectivity index (χ4v) is 3.76. The molecule has 0 bridgehead atoms. The number of likely N-dealkylation sites (tertiary alicyclic amines) is 1. The Bertz CT molecular complexity index is 384. The predicted octanol–water partition coefficient (Wildman–Crippen LogP) is 3.43. The van der Waals surface area contributed by atoms with Crippen LogP contribution in [0, 0.1) is 5.92 Å². The molecule has 1 aliphatic heterocycles. The van der Waals surface area contributed by atoms with E-state index in [9.17, 15) is 0 Å². The van der Waals surface area contributed by atoms with Crippen molar-refractivity contribution in [2.45, 2.75) is 51.1 Å². The quantitative estimate of drug-likeness (QED) is 0.853. The van der Waals surface area contributed by atoms with E-state index in [1.807, 2.05) is 0 Å². The van der Waals surface area contributed by atoms with Gasteiger partial charge < -0.3 is 5.32 Å². The molecule has 1 aliphatic carbocycles. The van der Waals surface area contributed by atoms with Crippen LogP contribution in [0.3, 0.4) is 0 Å². The maximum absolute atomic E-state index is 3.75. The molecule has 2 heteroatoms. The van der Waals surface area contributed by atoms with Crippen LogP contribution in [-0.2, 0) is 6.54 Å². The van der Waals surface area contributed by atoms with E-state index in [-0.39, 0.29) is 0 Å². The molecule has 3 rings (SSSR count). The van der Waals surface area contributed by atoms with Gasteiger partial charge in [0.15, 0.2) is 0 Å². The SMILES string of the molecule is c1ccc(CN2CCC(CCNC3CCCC3)C2)cc1. The van der Waals surface area contributed by atoms with E-state index in [0.29, 0.717) is 0 Å². The Kier molecular flexibility index (Phi) is 5.10. The molecule has 1 saturated carbocycles. The average Bonchev–Trinajstić information content (AvgIpc) is 3.12. The highest BCUT2D eigenvalue weighted by atomic mass is 15.1. The Morgan fingerprint density at radius 3 is 2.65 bits per heavy atom. The van der Waals surface area contributed by atoms with Crippen molar-refractivity contribution in [1.29, 1.82) is 0 Å². The lowest BCUT2D eigenvalue weighted by Crippen LogP contribution is -2.28. The van der Waals surface area contributed by atoms with Crippen LogP contribution < -0.4 is 5.32 Å². The van der Waals surface area contributed by atoms with Crippen LogP contribution in [0.25, 0.3) is 0 Å². The van der Waals surface area contributed by atoms with Crippen molar-refractivity contribution in [3.05, 3.63) is 35.9 Å². The van der Waals surface area contributed by atoms with Crippen LogP contribution in [0.4, 0.5) is 0 Å². The zero-order chi connectivity index (χ0) is 13.6. The molecule has 0 spiro atoms. The van der Waals surface area contributed by atoms with Gasteiger partial charge in [-0.2, -0.15) is 0 Å². The van der Waals surface area contributed by atoms with Crippen molar-refractivity contribution in [1.82, 2.24) is 10.2 Å². The van der Waals surface area contributed by atoms with Gasteiger partial charge in [0.05, 0.1) is 0 Å². The van der Waals surface area contributed by atoms with Crippen LogP contribution in [0.1, 0.15) is 44.1 Å². The molecule has 0 radical (unpaired) electrons. The van der Waals surface area contributed by atoms with Gasteiger partial charge in [-0.15, -0.1) is 0 Å². The third-order valence-corrected chi connectivity index (χ3v) is 4.96. The Balaban J connectivity index is 1.34. The van der Waals surface area contributed by atoms with Gasteiger partial charge in [-0.25, -0.2) is 0 Å². The minimum atomic E-state index is 0.830. The van der Waals surface area contributed by atoms with Crippen molar-refractivity contribution in [3.63, 3.8) is 0 Å². The van der Waals surface area contributed by atoms with Gasteiger partial charge in [0.2, 0.25) is 0 Å². The summed E-state index contributed by atoms with van der Waals surface area (Å²) in [5.74, 6) is 0.910. The first-order chi connectivity index (χ1) is 9.90. The van der Waals surface area contributed by atoms with Gasteiger partial charge in [-0.1, -0.05) is 43.2 Å². The number of rotatable bonds is 6. The topological polar surface area (TPSA) is 15.3 Å². The molecule has 0 aromatic heterocycles. The van der Waals surface area contributed by atoms with Crippen molar-refractivity contribution >= 4 is 0 Å². The molecular weight excluding hydrogens is 244 g/mol. The number of nitrogens with one attached hydrogen (secondary N) is 1. The highest BCUT2D eigenvalue weighted by molar-refractivity contribution is 5.14. The number of nitrogens with zero attached hydrogens (tertiary/aromatic N) is 1. The van der Waals surface area contributed by atoms with Gasteiger partial charge >= 0.3 is 0 Å². The largest absolute Gasteiger partial charge is 0.314 e. The molecule has 110 valence electrons. The summed E-state index contributed by atoms with van der Waals surface area (Å²) in [5.41, 5.74) is 1.46. The van der Waals surface area contributed by atoms with Gasteiger partial charge in [-0.3, -0.25) is 4.90 Å². The lowest BCUT2D eigenvalue weighted by atomic mass is 10.0. The van der Waals surface area contributed by atoms with Crippen LogP contribution in [0.15, 0.2) is 30.3 Å². The van der Waals surface area contributed by atoms with E-state index in [0.717, 1.165) is 18.5 Å². The molecule has 0 amide bonds. The van der Waals surface area contributed by atoms with Crippen LogP contribution in [-0.4, -0.2) is 30.6 Å². The zero-order valence-electron chi connectivity index (χ0n) is 12.6. The molecule has 2 aliphatic rings. The first kappa shape index (κ1) is 14.1. The molecule has 20 heavy (non-hydrogen) atoms. The van der Waals surface area contributed by atoms with E-state index in [1.54, 1.807) is 0 Å². The third-order valence-electron chi connectivity index (χ3n) is 4.96. The average molecular weight is 272 g/mol. The van der Waals surface area contributed by atoms with Gasteiger partial charge in [-0.05, 0) is 50.3 Å². The Morgan fingerprint density at radius 2 is 1.85 bits per heavy atom. The van der Waals surface area contributed by atoms with Crippen molar-refractivity contribution < 1.29 is 0 Å². The van der Waals surface area contributed by atoms with Crippen LogP contribution in [0.2, 0.25) is 0 Å². The second-order valence-corrected chi connectivity index (χ2v) is 6.60. The molecule has 1 unspecified atom stereocenters. The highest BCUT2D eigenvalue weighted by Gasteiger charge is 2.22. The lowest BCUT2D eigenvalue weighted by molar-refractivity contribution is 0.311. The second kappa shape index (κ2) is 7.24. The molecule has 1 atom stereocenters. The zero-order valence-corrected chi connectivity index (χ0v) is 12.6. The number of benzene rings is 1. The summed E-state index contributed by atoms with van der Waals surface area (Å²) in [4.78, 5) is 2.62. The first-order valence-corrected chi connectivity index (χ1v) is 8.40. The maximum atomic E-state index is 3.75. The van der Waals surface area contributed by atoms with Crippen LogP contribution in [0.5, 0.6) is 0 Å². The Morgan fingerprint density at radius 1 is 1.05 bits per heavy atom. The molecule has 1 N–H and O–H groups in total. The normalized spacial score (nSPS) is 24.5. The summed E-state index contributed by atoms with van der Waals surface area (Å²) in [5, 5.41) is 3.75. The van der Waals surface area contributed by atoms with Gasteiger partial charge in [0, 0.05) is 19.1 Å². The van der Waals surface area contributed by atoms with Crippen molar-refractivity contribution in [2.24, 2.45) is 5.92 Å². The first-order valence-electron chi connectivity index (χ1n) is 8.40. The monoisotopic (exact) mass is 272 g/mol. The maximum Gasteiger partial charge on any atom is 0.0233 e. The summed E-state index contributed by atoms with van der Waals surface area (Å²) >= 11 is 0. The van der Waals surface area contributed by atoms with Crippen molar-refractivity contribution in [2.75, 3.05) is 19.6 Å². The van der Waals surface area contributed by atoms with E-state index in [4.69, 9.17) is 0 Å². The summed E-state index contributed by atoms with van der Waals surface area (Å²) in [6.45, 7) is 4.94. The molecule has 1 aromatic carbocycles. The fraction of sp³-hybridized carbons (Fsp3) is 0.667. The second-order valence-electron chi connectivity index (χ2n) is 6.60. The summed E-state index contributed by atoms with van der Waals surface area (Å²) < 4.78 is 0. The Labute approximate surface area is 123 Å².